The molecule has 2 aromatic carbocycles. The highest BCUT2D eigenvalue weighted by atomic mass is 16.5. The van der Waals surface area contributed by atoms with Gasteiger partial charge in [-0.1, -0.05) is 36.4 Å². The number of hydrogen-bond donors (Lipinski definition) is 0. The molecule has 0 bridgehead atoms. The molecule has 188 valence electrons. The van der Waals surface area contributed by atoms with Crippen LogP contribution in [-0.2, 0) is 22.6 Å². The van der Waals surface area contributed by atoms with Crippen molar-refractivity contribution in [2.45, 2.75) is 58.3 Å². The van der Waals surface area contributed by atoms with Crippen molar-refractivity contribution in [2.24, 2.45) is 0 Å². The first-order valence-electron chi connectivity index (χ1n) is 12.5. The number of benzene rings is 2. The molecule has 2 aromatic heterocycles. The Morgan fingerprint density at radius 3 is 2.75 bits per heavy atom. The van der Waals surface area contributed by atoms with Gasteiger partial charge in [-0.25, -0.2) is 4.79 Å². The number of fused-ring (bicyclic) bond motifs is 1. The second-order valence-corrected chi connectivity index (χ2v) is 9.86. The Balaban J connectivity index is 1.40. The minimum absolute atomic E-state index is 0.132. The number of ether oxygens (including phenoxy) is 3. The van der Waals surface area contributed by atoms with E-state index in [-0.39, 0.29) is 11.6 Å². The van der Waals surface area contributed by atoms with Crippen LogP contribution in [0.5, 0.6) is 5.88 Å². The van der Waals surface area contributed by atoms with E-state index in [1.54, 1.807) is 6.07 Å². The van der Waals surface area contributed by atoms with E-state index < -0.39 is 0 Å². The highest BCUT2D eigenvalue weighted by Crippen LogP contribution is 2.37. The molecule has 1 aliphatic heterocycles. The maximum absolute atomic E-state index is 12.8. The van der Waals surface area contributed by atoms with Gasteiger partial charge in [-0.3, -0.25) is 0 Å². The van der Waals surface area contributed by atoms with Gasteiger partial charge in [0.1, 0.15) is 12.3 Å². The van der Waals surface area contributed by atoms with Gasteiger partial charge in [-0.15, -0.1) is 0 Å². The Kier molecular flexibility index (Phi) is 6.83. The van der Waals surface area contributed by atoms with E-state index in [0.717, 1.165) is 35.9 Å². The fourth-order valence-electron chi connectivity index (χ4n) is 4.93. The van der Waals surface area contributed by atoms with Crippen LogP contribution in [0.25, 0.3) is 10.9 Å². The standard InChI is InChI=1S/C29H32N2O5/c1-4-33-28(32)26-15-23-14-21(22-12-13-35-29(2,3)17-22)10-11-25(23)31(26)18-24-16-27(30-36-24)34-19-20-8-6-5-7-9-20/h5-11,14-16,22H,4,12-13,17-19H2,1-3H3. The molecule has 1 unspecified atom stereocenters. The predicted octanol–water partition coefficient (Wildman–Crippen LogP) is 6.11. The van der Waals surface area contributed by atoms with Gasteiger partial charge in [0.05, 0.1) is 18.8 Å². The highest BCUT2D eigenvalue weighted by molar-refractivity contribution is 5.96. The summed E-state index contributed by atoms with van der Waals surface area (Å²) in [5, 5.41) is 5.05. The summed E-state index contributed by atoms with van der Waals surface area (Å²) in [6.45, 7) is 7.89. The fourth-order valence-corrected chi connectivity index (χ4v) is 4.93. The third kappa shape index (κ3) is 5.31. The van der Waals surface area contributed by atoms with Gasteiger partial charge >= 0.3 is 5.97 Å². The number of carbonyl (C=O) groups excluding carboxylic acids is 1. The van der Waals surface area contributed by atoms with Crippen LogP contribution in [0.3, 0.4) is 0 Å². The Morgan fingerprint density at radius 1 is 1.14 bits per heavy atom. The molecule has 0 saturated carbocycles. The molecule has 7 heteroatoms. The number of aromatic nitrogens is 2. The zero-order valence-electron chi connectivity index (χ0n) is 21.0. The zero-order chi connectivity index (χ0) is 25.1. The molecule has 3 heterocycles. The molecule has 4 aromatic rings. The normalized spacial score (nSPS) is 17.2. The van der Waals surface area contributed by atoms with Crippen molar-refractivity contribution < 1.29 is 23.5 Å². The summed E-state index contributed by atoms with van der Waals surface area (Å²) in [5.41, 5.74) is 3.61. The van der Waals surface area contributed by atoms with E-state index in [4.69, 9.17) is 18.7 Å². The van der Waals surface area contributed by atoms with Gasteiger partial charge in [-0.2, -0.15) is 0 Å². The molecule has 0 radical (unpaired) electrons. The monoisotopic (exact) mass is 488 g/mol. The lowest BCUT2D eigenvalue weighted by Gasteiger charge is -2.35. The van der Waals surface area contributed by atoms with Crippen molar-refractivity contribution in [1.29, 1.82) is 0 Å². The van der Waals surface area contributed by atoms with Gasteiger partial charge in [-0.05, 0) is 74.0 Å². The van der Waals surface area contributed by atoms with E-state index >= 15 is 0 Å². The first-order valence-corrected chi connectivity index (χ1v) is 12.5. The lowest BCUT2D eigenvalue weighted by molar-refractivity contribution is -0.0592. The van der Waals surface area contributed by atoms with E-state index in [2.05, 4.69) is 37.2 Å². The molecule has 1 aliphatic rings. The first-order chi connectivity index (χ1) is 17.4. The van der Waals surface area contributed by atoms with Crippen LogP contribution in [0.1, 0.15) is 66.9 Å². The second kappa shape index (κ2) is 10.2. The fraction of sp³-hybridized carbons (Fsp3) is 0.379. The van der Waals surface area contributed by atoms with Crippen LogP contribution in [0, 0.1) is 0 Å². The van der Waals surface area contributed by atoms with Gasteiger partial charge in [0.2, 0.25) is 0 Å². The number of nitrogens with zero attached hydrogens (tertiary/aromatic N) is 2. The quantitative estimate of drug-likeness (QED) is 0.279. The largest absolute Gasteiger partial charge is 0.471 e. The molecule has 5 rings (SSSR count). The summed E-state index contributed by atoms with van der Waals surface area (Å²) in [6, 6.07) is 20.0. The van der Waals surface area contributed by atoms with Crippen LogP contribution in [0.2, 0.25) is 0 Å². The second-order valence-electron chi connectivity index (χ2n) is 9.86. The van der Waals surface area contributed by atoms with E-state index in [1.165, 1.54) is 5.56 Å². The van der Waals surface area contributed by atoms with Gasteiger partial charge in [0, 0.05) is 23.6 Å². The minimum atomic E-state index is -0.359. The van der Waals surface area contributed by atoms with Crippen LogP contribution in [0.4, 0.5) is 0 Å². The average Bonchev–Trinajstić information content (AvgIpc) is 3.47. The highest BCUT2D eigenvalue weighted by Gasteiger charge is 2.30. The molecule has 1 atom stereocenters. The molecule has 0 N–H and O–H groups in total. The molecule has 1 saturated heterocycles. The number of hydrogen-bond acceptors (Lipinski definition) is 6. The SMILES string of the molecule is CCOC(=O)c1cc2cc(C3CCOC(C)(C)C3)ccc2n1Cc1cc(OCc2ccccc2)no1. The van der Waals surface area contributed by atoms with E-state index in [0.29, 0.717) is 43.0 Å². The first kappa shape index (κ1) is 24.1. The smallest absolute Gasteiger partial charge is 0.354 e. The third-order valence-electron chi connectivity index (χ3n) is 6.66. The van der Waals surface area contributed by atoms with Crippen molar-refractivity contribution >= 4 is 16.9 Å². The summed E-state index contributed by atoms with van der Waals surface area (Å²) in [7, 11) is 0. The summed E-state index contributed by atoms with van der Waals surface area (Å²) >= 11 is 0. The van der Waals surface area contributed by atoms with Crippen LogP contribution < -0.4 is 4.74 Å². The lowest BCUT2D eigenvalue weighted by atomic mass is 9.83. The summed E-state index contributed by atoms with van der Waals surface area (Å²) in [5.74, 6) is 1.07. The predicted molar refractivity (Wildman–Crippen MR) is 136 cm³/mol. The molecule has 7 nitrogen and oxygen atoms in total. The molecular formula is C29H32N2O5. The summed E-state index contributed by atoms with van der Waals surface area (Å²) < 4.78 is 24.5. The molecule has 1 fully saturated rings. The Bertz CT molecular complexity index is 1340. The van der Waals surface area contributed by atoms with Crippen molar-refractivity contribution in [3.8, 4) is 5.88 Å². The zero-order valence-corrected chi connectivity index (χ0v) is 21.0. The van der Waals surface area contributed by atoms with Gasteiger partial charge < -0.3 is 23.3 Å². The van der Waals surface area contributed by atoms with Crippen LogP contribution in [0.15, 0.2) is 65.2 Å². The number of rotatable bonds is 8. The van der Waals surface area contributed by atoms with Gasteiger partial charge in [0.25, 0.3) is 5.88 Å². The van der Waals surface area contributed by atoms with Crippen molar-refractivity contribution in [3.05, 3.63) is 83.2 Å². The van der Waals surface area contributed by atoms with Crippen LogP contribution in [-0.4, -0.2) is 34.5 Å². The maximum Gasteiger partial charge on any atom is 0.354 e. The van der Waals surface area contributed by atoms with Crippen molar-refractivity contribution in [2.75, 3.05) is 13.2 Å². The Hall–Kier alpha value is -3.58. The third-order valence-corrected chi connectivity index (χ3v) is 6.66. The lowest BCUT2D eigenvalue weighted by Crippen LogP contribution is -2.32. The van der Waals surface area contributed by atoms with Crippen molar-refractivity contribution in [1.82, 2.24) is 9.72 Å². The average molecular weight is 489 g/mol. The molecular weight excluding hydrogens is 456 g/mol. The van der Waals surface area contributed by atoms with Crippen LogP contribution >= 0.6 is 0 Å². The Labute approximate surface area is 210 Å². The van der Waals surface area contributed by atoms with E-state index in [1.807, 2.05) is 47.9 Å². The Morgan fingerprint density at radius 2 is 1.97 bits per heavy atom. The molecule has 0 spiro atoms. The van der Waals surface area contributed by atoms with Gasteiger partial charge in [0.15, 0.2) is 5.76 Å². The number of esters is 1. The van der Waals surface area contributed by atoms with E-state index in [9.17, 15) is 4.79 Å². The molecule has 0 amide bonds. The molecule has 0 aliphatic carbocycles. The topological polar surface area (TPSA) is 75.7 Å². The number of carbonyl (C=O) groups is 1. The van der Waals surface area contributed by atoms with Crippen molar-refractivity contribution in [3.63, 3.8) is 0 Å². The summed E-state index contributed by atoms with van der Waals surface area (Å²) in [4.78, 5) is 12.8. The summed E-state index contributed by atoms with van der Waals surface area (Å²) in [6.07, 6.45) is 1.96. The maximum atomic E-state index is 12.8. The minimum Gasteiger partial charge on any atom is -0.471 e. The molecule has 36 heavy (non-hydrogen) atoms.